The maximum absolute atomic E-state index is 12.7. The molecule has 2 aromatic rings. The number of hydrogen-bond acceptors (Lipinski definition) is 4. The van der Waals surface area contributed by atoms with Gasteiger partial charge in [0.05, 0.1) is 11.5 Å². The number of carbonyl (C=O) groups is 2. The Morgan fingerprint density at radius 2 is 2.13 bits per heavy atom. The summed E-state index contributed by atoms with van der Waals surface area (Å²) >= 11 is 4.67. The number of hydrogen-bond donors (Lipinski definition) is 1. The van der Waals surface area contributed by atoms with Gasteiger partial charge >= 0.3 is 5.97 Å². The zero-order valence-electron chi connectivity index (χ0n) is 12.5. The fourth-order valence-corrected chi connectivity index (χ4v) is 3.48. The molecule has 0 atom stereocenters. The van der Waals surface area contributed by atoms with E-state index in [0.29, 0.717) is 11.5 Å². The van der Waals surface area contributed by atoms with Crippen LogP contribution in [0.2, 0.25) is 0 Å². The van der Waals surface area contributed by atoms with Crippen LogP contribution in [0.3, 0.4) is 0 Å². The number of aliphatic carboxylic acids is 1. The zero-order chi connectivity index (χ0) is 16.8. The minimum absolute atomic E-state index is 0.231. The lowest BCUT2D eigenvalue weighted by Gasteiger charge is -2.21. The van der Waals surface area contributed by atoms with Gasteiger partial charge in [0.1, 0.15) is 6.54 Å². The number of methoxy groups -OCH3 is 1. The van der Waals surface area contributed by atoms with Crippen LogP contribution < -0.4 is 0 Å². The van der Waals surface area contributed by atoms with E-state index in [9.17, 15) is 9.59 Å². The molecule has 1 heterocycles. The maximum atomic E-state index is 12.7. The van der Waals surface area contributed by atoms with Gasteiger partial charge in [0.2, 0.25) is 0 Å². The highest BCUT2D eigenvalue weighted by atomic mass is 79.9. The Balaban J connectivity index is 2.25. The molecule has 1 N–H and O–H groups in total. The SMILES string of the molecule is COCc1ccsc1C(=O)N(CC(=O)O)Cc1cccc(Br)c1. The Morgan fingerprint density at radius 3 is 2.78 bits per heavy atom. The molecule has 1 aromatic heterocycles. The normalized spacial score (nSPS) is 10.5. The van der Waals surface area contributed by atoms with Crippen LogP contribution in [0.15, 0.2) is 40.2 Å². The van der Waals surface area contributed by atoms with Crippen molar-refractivity contribution in [1.82, 2.24) is 4.90 Å². The molecule has 0 aliphatic rings. The van der Waals surface area contributed by atoms with Crippen LogP contribution in [0.4, 0.5) is 0 Å². The van der Waals surface area contributed by atoms with Crippen LogP contribution in [0.25, 0.3) is 0 Å². The molecule has 0 radical (unpaired) electrons. The number of nitrogens with zero attached hydrogens (tertiary/aromatic N) is 1. The van der Waals surface area contributed by atoms with Crippen LogP contribution in [-0.4, -0.2) is 35.5 Å². The summed E-state index contributed by atoms with van der Waals surface area (Å²) in [6.45, 7) is 0.201. The molecule has 2 rings (SSSR count). The minimum Gasteiger partial charge on any atom is -0.480 e. The molecule has 1 amide bonds. The van der Waals surface area contributed by atoms with Gasteiger partial charge in [-0.05, 0) is 29.1 Å². The number of benzene rings is 1. The number of amides is 1. The summed E-state index contributed by atoms with van der Waals surface area (Å²) in [7, 11) is 1.56. The van der Waals surface area contributed by atoms with E-state index in [4.69, 9.17) is 9.84 Å². The van der Waals surface area contributed by atoms with Gasteiger partial charge in [0.15, 0.2) is 0 Å². The largest absolute Gasteiger partial charge is 0.480 e. The van der Waals surface area contributed by atoms with Crippen molar-refractivity contribution < 1.29 is 19.4 Å². The number of halogens is 1. The molecule has 23 heavy (non-hydrogen) atoms. The molecular weight excluding hydrogens is 382 g/mol. The monoisotopic (exact) mass is 397 g/mol. The third-order valence-corrected chi connectivity index (χ3v) is 4.55. The summed E-state index contributed by atoms with van der Waals surface area (Å²) in [6.07, 6.45) is 0. The first kappa shape index (κ1) is 17.7. The Labute approximate surface area is 146 Å². The van der Waals surface area contributed by atoms with E-state index < -0.39 is 5.97 Å². The molecule has 0 aliphatic carbocycles. The molecule has 1 aromatic carbocycles. The fraction of sp³-hybridized carbons (Fsp3) is 0.250. The summed E-state index contributed by atoms with van der Waals surface area (Å²) in [4.78, 5) is 25.7. The van der Waals surface area contributed by atoms with E-state index in [-0.39, 0.29) is 19.0 Å². The van der Waals surface area contributed by atoms with Crippen molar-refractivity contribution in [2.24, 2.45) is 0 Å². The van der Waals surface area contributed by atoms with Gasteiger partial charge in [0, 0.05) is 23.7 Å². The molecule has 0 saturated heterocycles. The lowest BCUT2D eigenvalue weighted by Crippen LogP contribution is -2.35. The molecule has 7 heteroatoms. The molecule has 122 valence electrons. The number of carboxylic acid groups (broad SMARTS) is 1. The first-order valence-electron chi connectivity index (χ1n) is 6.82. The van der Waals surface area contributed by atoms with Crippen LogP contribution in [0.5, 0.6) is 0 Å². The van der Waals surface area contributed by atoms with E-state index >= 15 is 0 Å². The van der Waals surface area contributed by atoms with Gasteiger partial charge in [-0.1, -0.05) is 28.1 Å². The lowest BCUT2D eigenvalue weighted by atomic mass is 10.2. The average Bonchev–Trinajstić information content (AvgIpc) is 2.94. The van der Waals surface area contributed by atoms with Crippen molar-refractivity contribution in [1.29, 1.82) is 0 Å². The van der Waals surface area contributed by atoms with Gasteiger partial charge in [-0.3, -0.25) is 9.59 Å². The Hall–Kier alpha value is -1.70. The summed E-state index contributed by atoms with van der Waals surface area (Å²) in [5, 5.41) is 10.9. The van der Waals surface area contributed by atoms with Crippen molar-refractivity contribution >= 4 is 39.1 Å². The predicted molar refractivity (Wildman–Crippen MR) is 91.6 cm³/mol. The Kier molecular flexibility index (Phi) is 6.32. The lowest BCUT2D eigenvalue weighted by molar-refractivity contribution is -0.137. The molecule has 0 spiro atoms. The van der Waals surface area contributed by atoms with Crippen LogP contribution in [0, 0.1) is 0 Å². The van der Waals surface area contributed by atoms with Crippen LogP contribution >= 0.6 is 27.3 Å². The molecule has 0 aliphatic heterocycles. The maximum Gasteiger partial charge on any atom is 0.323 e. The first-order chi connectivity index (χ1) is 11.0. The molecule has 0 fully saturated rings. The van der Waals surface area contributed by atoms with Crippen molar-refractivity contribution in [3.8, 4) is 0 Å². The number of thiophene rings is 1. The van der Waals surface area contributed by atoms with Crippen LogP contribution in [-0.2, 0) is 22.7 Å². The third kappa shape index (κ3) is 4.89. The molecule has 0 unspecified atom stereocenters. The zero-order valence-corrected chi connectivity index (χ0v) is 14.9. The molecule has 5 nitrogen and oxygen atoms in total. The molecular formula is C16H16BrNO4S. The number of carboxylic acids is 1. The summed E-state index contributed by atoms with van der Waals surface area (Å²) < 4.78 is 5.97. The second-order valence-corrected chi connectivity index (χ2v) is 6.72. The van der Waals surface area contributed by atoms with Gasteiger partial charge in [0.25, 0.3) is 5.91 Å². The first-order valence-corrected chi connectivity index (χ1v) is 8.49. The fourth-order valence-electron chi connectivity index (χ4n) is 2.15. The van der Waals surface area contributed by atoms with Crippen molar-refractivity contribution in [2.45, 2.75) is 13.2 Å². The second kappa shape index (κ2) is 8.24. The van der Waals surface area contributed by atoms with Crippen molar-refractivity contribution in [3.05, 3.63) is 56.2 Å². The smallest absolute Gasteiger partial charge is 0.323 e. The van der Waals surface area contributed by atoms with Gasteiger partial charge in [-0.15, -0.1) is 11.3 Å². The van der Waals surface area contributed by atoms with Gasteiger partial charge < -0.3 is 14.7 Å². The highest BCUT2D eigenvalue weighted by Gasteiger charge is 2.22. The van der Waals surface area contributed by atoms with Gasteiger partial charge in [-0.2, -0.15) is 0 Å². The molecule has 0 saturated carbocycles. The predicted octanol–water partition coefficient (Wildman–Crippen LogP) is 3.38. The third-order valence-electron chi connectivity index (χ3n) is 3.12. The Bertz CT molecular complexity index is 701. The highest BCUT2D eigenvalue weighted by Crippen LogP contribution is 2.21. The highest BCUT2D eigenvalue weighted by molar-refractivity contribution is 9.10. The van der Waals surface area contributed by atoms with E-state index in [1.54, 1.807) is 12.5 Å². The van der Waals surface area contributed by atoms with Crippen molar-refractivity contribution in [2.75, 3.05) is 13.7 Å². The van der Waals surface area contributed by atoms with E-state index in [1.807, 2.05) is 30.3 Å². The summed E-state index contributed by atoms with van der Waals surface area (Å²) in [6, 6.07) is 9.27. The topological polar surface area (TPSA) is 66.8 Å². The van der Waals surface area contributed by atoms with Crippen molar-refractivity contribution in [3.63, 3.8) is 0 Å². The number of ether oxygens (including phenoxy) is 1. The van der Waals surface area contributed by atoms with E-state index in [2.05, 4.69) is 15.9 Å². The Morgan fingerprint density at radius 1 is 1.35 bits per heavy atom. The molecule has 0 bridgehead atoms. The minimum atomic E-state index is -1.04. The number of rotatable bonds is 7. The standard InChI is InChI=1S/C16H16BrNO4S/c1-22-10-12-5-6-23-15(12)16(21)18(9-14(19)20)8-11-3-2-4-13(17)7-11/h2-7H,8-10H2,1H3,(H,19,20). The summed E-state index contributed by atoms with van der Waals surface area (Å²) in [5.41, 5.74) is 1.63. The summed E-state index contributed by atoms with van der Waals surface area (Å²) in [5.74, 6) is -1.34. The van der Waals surface area contributed by atoms with Crippen LogP contribution in [0.1, 0.15) is 20.8 Å². The quantitative estimate of drug-likeness (QED) is 0.777. The number of carbonyl (C=O) groups excluding carboxylic acids is 1. The van der Waals surface area contributed by atoms with E-state index in [1.165, 1.54) is 16.2 Å². The van der Waals surface area contributed by atoms with Gasteiger partial charge in [-0.25, -0.2) is 0 Å². The second-order valence-electron chi connectivity index (χ2n) is 4.89. The van der Waals surface area contributed by atoms with E-state index in [0.717, 1.165) is 15.6 Å². The average molecular weight is 398 g/mol.